The van der Waals surface area contributed by atoms with Crippen LogP contribution < -0.4 is 5.32 Å². The quantitative estimate of drug-likeness (QED) is 0.895. The first-order valence-corrected chi connectivity index (χ1v) is 9.78. The van der Waals surface area contributed by atoms with Crippen LogP contribution in [0.2, 0.25) is 0 Å². The fourth-order valence-electron chi connectivity index (χ4n) is 5.18. The molecule has 0 bridgehead atoms. The molecule has 138 valence electrons. The van der Waals surface area contributed by atoms with Gasteiger partial charge in [0.25, 0.3) is 0 Å². The summed E-state index contributed by atoms with van der Waals surface area (Å²) in [6, 6.07) is 11.0. The predicted octanol–water partition coefficient (Wildman–Crippen LogP) is 3.54. The van der Waals surface area contributed by atoms with Crippen molar-refractivity contribution < 1.29 is 4.79 Å². The zero-order valence-corrected chi connectivity index (χ0v) is 15.9. The van der Waals surface area contributed by atoms with Crippen molar-refractivity contribution in [1.29, 1.82) is 0 Å². The van der Waals surface area contributed by atoms with E-state index in [-0.39, 0.29) is 18.0 Å². The summed E-state index contributed by atoms with van der Waals surface area (Å²) < 4.78 is 1.86. The standard InChI is InChI=1S/C21H28N4O/c1-13(25-15(3)22-14(2)24-25)12-19(26)23-21-18-11-7-10-17(18)20(21)16-8-5-4-6-9-16/h4-6,8-9,13,17-18,20-21H,7,10-12H2,1-3H3,(H,23,26)/t13-,17+,18-,20-,21-/m1/s1. The molecule has 0 aliphatic heterocycles. The van der Waals surface area contributed by atoms with Crippen LogP contribution in [0.5, 0.6) is 0 Å². The Hall–Kier alpha value is -2.17. The minimum atomic E-state index is 0.0193. The average molecular weight is 352 g/mol. The van der Waals surface area contributed by atoms with E-state index in [2.05, 4.69) is 45.7 Å². The monoisotopic (exact) mass is 352 g/mol. The third-order valence-corrected chi connectivity index (χ3v) is 6.25. The van der Waals surface area contributed by atoms with Crippen molar-refractivity contribution in [1.82, 2.24) is 20.1 Å². The molecule has 1 heterocycles. The number of rotatable bonds is 5. The van der Waals surface area contributed by atoms with Gasteiger partial charge in [0.2, 0.25) is 5.91 Å². The maximum absolute atomic E-state index is 12.7. The number of nitrogens with zero attached hydrogens (tertiary/aromatic N) is 3. The number of carbonyl (C=O) groups excluding carboxylic acids is 1. The highest BCUT2D eigenvalue weighted by molar-refractivity contribution is 5.77. The molecule has 2 aromatic rings. The molecule has 2 aliphatic rings. The Labute approximate surface area is 155 Å². The van der Waals surface area contributed by atoms with Crippen molar-refractivity contribution in [2.75, 3.05) is 0 Å². The van der Waals surface area contributed by atoms with Gasteiger partial charge < -0.3 is 5.32 Å². The third kappa shape index (κ3) is 3.04. The first-order valence-electron chi connectivity index (χ1n) is 9.78. The average Bonchev–Trinajstić information content (AvgIpc) is 3.17. The van der Waals surface area contributed by atoms with E-state index in [9.17, 15) is 4.79 Å². The largest absolute Gasteiger partial charge is 0.352 e. The summed E-state index contributed by atoms with van der Waals surface area (Å²) in [5, 5.41) is 7.78. The molecule has 1 aromatic carbocycles. The molecular weight excluding hydrogens is 324 g/mol. The van der Waals surface area contributed by atoms with E-state index < -0.39 is 0 Å². The van der Waals surface area contributed by atoms with Crippen molar-refractivity contribution in [2.24, 2.45) is 11.8 Å². The molecule has 2 fully saturated rings. The van der Waals surface area contributed by atoms with Crippen LogP contribution in [-0.4, -0.2) is 26.7 Å². The van der Waals surface area contributed by atoms with Gasteiger partial charge in [0.05, 0.1) is 6.04 Å². The molecule has 0 unspecified atom stereocenters. The van der Waals surface area contributed by atoms with E-state index in [1.165, 1.54) is 24.8 Å². The topological polar surface area (TPSA) is 59.8 Å². The molecule has 2 saturated carbocycles. The molecule has 0 saturated heterocycles. The van der Waals surface area contributed by atoms with Gasteiger partial charge in [-0.3, -0.25) is 4.79 Å². The van der Waals surface area contributed by atoms with Crippen molar-refractivity contribution in [2.45, 2.75) is 64.5 Å². The van der Waals surface area contributed by atoms with Gasteiger partial charge in [-0.2, -0.15) is 5.10 Å². The van der Waals surface area contributed by atoms with Crippen LogP contribution in [-0.2, 0) is 4.79 Å². The van der Waals surface area contributed by atoms with E-state index >= 15 is 0 Å². The van der Waals surface area contributed by atoms with Gasteiger partial charge in [-0.25, -0.2) is 9.67 Å². The Morgan fingerprint density at radius 2 is 1.96 bits per heavy atom. The summed E-state index contributed by atoms with van der Waals surface area (Å²) >= 11 is 0. The SMILES string of the molecule is Cc1nc(C)n([C@H](C)CC(=O)N[C@@H]2[C@@H]3CCC[C@@H]3[C@H]2c2ccccc2)n1. The molecule has 0 radical (unpaired) electrons. The Morgan fingerprint density at radius 3 is 2.65 bits per heavy atom. The highest BCUT2D eigenvalue weighted by Crippen LogP contribution is 2.55. The molecule has 1 N–H and O–H groups in total. The second-order valence-corrected chi connectivity index (χ2v) is 7.99. The van der Waals surface area contributed by atoms with Gasteiger partial charge in [0.15, 0.2) is 0 Å². The smallest absolute Gasteiger partial charge is 0.222 e. The molecular formula is C21H28N4O. The first kappa shape index (κ1) is 17.3. The second kappa shape index (κ2) is 6.86. The summed E-state index contributed by atoms with van der Waals surface area (Å²) in [4.78, 5) is 17.1. The van der Waals surface area contributed by atoms with Crippen LogP contribution in [0, 0.1) is 25.7 Å². The highest BCUT2D eigenvalue weighted by atomic mass is 16.1. The Kier molecular flexibility index (Phi) is 4.55. The van der Waals surface area contributed by atoms with Crippen molar-refractivity contribution in [3.05, 3.63) is 47.5 Å². The van der Waals surface area contributed by atoms with E-state index in [1.54, 1.807) is 0 Å². The number of carbonyl (C=O) groups is 1. The summed E-state index contributed by atoms with van der Waals surface area (Å²) in [6.07, 6.45) is 4.28. The number of nitrogens with one attached hydrogen (secondary N) is 1. The van der Waals surface area contributed by atoms with E-state index in [0.717, 1.165) is 17.6 Å². The number of amides is 1. The number of benzene rings is 1. The minimum Gasteiger partial charge on any atom is -0.352 e. The molecule has 4 rings (SSSR count). The lowest BCUT2D eigenvalue weighted by Crippen LogP contribution is -2.56. The summed E-state index contributed by atoms with van der Waals surface area (Å²) in [7, 11) is 0. The van der Waals surface area contributed by atoms with Crippen molar-refractivity contribution >= 4 is 5.91 Å². The second-order valence-electron chi connectivity index (χ2n) is 7.99. The van der Waals surface area contributed by atoms with Gasteiger partial charge in [0, 0.05) is 18.4 Å². The molecule has 5 atom stereocenters. The van der Waals surface area contributed by atoms with Gasteiger partial charge in [-0.05, 0) is 51.0 Å². The van der Waals surface area contributed by atoms with Crippen LogP contribution in [0.25, 0.3) is 0 Å². The molecule has 26 heavy (non-hydrogen) atoms. The summed E-state index contributed by atoms with van der Waals surface area (Å²) in [5.74, 6) is 3.60. The molecule has 1 aromatic heterocycles. The third-order valence-electron chi connectivity index (χ3n) is 6.25. The molecule has 0 spiro atoms. The maximum atomic E-state index is 12.7. The first-order chi connectivity index (χ1) is 12.5. The lowest BCUT2D eigenvalue weighted by atomic mass is 9.60. The number of fused-ring (bicyclic) bond motifs is 1. The van der Waals surface area contributed by atoms with E-state index in [0.29, 0.717) is 18.3 Å². The normalized spacial score (nSPS) is 28.3. The van der Waals surface area contributed by atoms with Gasteiger partial charge in [-0.1, -0.05) is 36.8 Å². The van der Waals surface area contributed by atoms with Crippen LogP contribution in [0.3, 0.4) is 0 Å². The van der Waals surface area contributed by atoms with Gasteiger partial charge in [-0.15, -0.1) is 0 Å². The Balaban J connectivity index is 1.43. The van der Waals surface area contributed by atoms with Crippen molar-refractivity contribution in [3.63, 3.8) is 0 Å². The lowest BCUT2D eigenvalue weighted by Gasteiger charge is -2.50. The number of hydrogen-bond donors (Lipinski definition) is 1. The number of aromatic nitrogens is 3. The van der Waals surface area contributed by atoms with Gasteiger partial charge >= 0.3 is 0 Å². The van der Waals surface area contributed by atoms with Crippen LogP contribution in [0.4, 0.5) is 0 Å². The highest BCUT2D eigenvalue weighted by Gasteiger charge is 2.53. The number of aryl methyl sites for hydroxylation is 2. The molecule has 5 heteroatoms. The van der Waals surface area contributed by atoms with Crippen molar-refractivity contribution in [3.8, 4) is 0 Å². The lowest BCUT2D eigenvalue weighted by molar-refractivity contribution is -0.124. The zero-order chi connectivity index (χ0) is 18.3. The summed E-state index contributed by atoms with van der Waals surface area (Å²) in [6.45, 7) is 5.86. The van der Waals surface area contributed by atoms with Crippen LogP contribution in [0.1, 0.15) is 61.8 Å². The zero-order valence-electron chi connectivity index (χ0n) is 15.9. The fraction of sp³-hybridized carbons (Fsp3) is 0.571. The van der Waals surface area contributed by atoms with E-state index in [1.807, 2.05) is 25.5 Å². The predicted molar refractivity (Wildman–Crippen MR) is 101 cm³/mol. The van der Waals surface area contributed by atoms with E-state index in [4.69, 9.17) is 0 Å². The molecule has 5 nitrogen and oxygen atoms in total. The van der Waals surface area contributed by atoms with Crippen LogP contribution >= 0.6 is 0 Å². The molecule has 2 aliphatic carbocycles. The molecule has 1 amide bonds. The van der Waals surface area contributed by atoms with Crippen LogP contribution in [0.15, 0.2) is 30.3 Å². The maximum Gasteiger partial charge on any atom is 0.222 e. The Morgan fingerprint density at radius 1 is 1.23 bits per heavy atom. The summed E-state index contributed by atoms with van der Waals surface area (Å²) in [5.41, 5.74) is 1.37. The minimum absolute atomic E-state index is 0.0193. The Bertz CT molecular complexity index is 785. The van der Waals surface area contributed by atoms with Gasteiger partial charge in [0.1, 0.15) is 11.6 Å². The number of hydrogen-bond acceptors (Lipinski definition) is 3. The fourth-order valence-corrected chi connectivity index (χ4v) is 5.18.